The van der Waals surface area contributed by atoms with Crippen LogP contribution in [0.5, 0.6) is 5.75 Å². The zero-order chi connectivity index (χ0) is 19.2. The monoisotopic (exact) mass is 400 g/mol. The van der Waals surface area contributed by atoms with Gasteiger partial charge in [0.05, 0.1) is 22.6 Å². The molecule has 0 radical (unpaired) electrons. The highest BCUT2D eigenvalue weighted by molar-refractivity contribution is 7.98. The fourth-order valence-electron chi connectivity index (χ4n) is 2.43. The molecule has 0 spiro atoms. The van der Waals surface area contributed by atoms with Gasteiger partial charge in [0.15, 0.2) is 0 Å². The van der Waals surface area contributed by atoms with Crippen molar-refractivity contribution < 1.29 is 14.5 Å². The van der Waals surface area contributed by atoms with Crippen LogP contribution in [0.15, 0.2) is 64.9 Å². The van der Waals surface area contributed by atoms with Crippen LogP contribution in [0.2, 0.25) is 0 Å². The van der Waals surface area contributed by atoms with Crippen LogP contribution in [0, 0.1) is 10.1 Å². The van der Waals surface area contributed by atoms with Gasteiger partial charge in [0.2, 0.25) is 0 Å². The van der Waals surface area contributed by atoms with E-state index in [1.54, 1.807) is 12.1 Å². The highest BCUT2D eigenvalue weighted by Crippen LogP contribution is 2.34. The molecule has 3 aromatic rings. The van der Waals surface area contributed by atoms with Gasteiger partial charge in [-0.15, -0.1) is 23.1 Å². The van der Waals surface area contributed by atoms with E-state index < -0.39 is 4.92 Å². The SMILES string of the molecule is COc1ccc([N+](=O)[O-])cc1CSc1ccccc1NC(=O)c1cccs1. The molecule has 0 atom stereocenters. The number of carbonyl (C=O) groups excluding carboxylic acids is 1. The Balaban J connectivity index is 1.78. The fraction of sp³-hybridized carbons (Fsp3) is 0.105. The van der Waals surface area contributed by atoms with Crippen molar-refractivity contribution in [1.82, 2.24) is 0 Å². The third-order valence-electron chi connectivity index (χ3n) is 3.74. The first-order valence-electron chi connectivity index (χ1n) is 7.96. The van der Waals surface area contributed by atoms with Gasteiger partial charge >= 0.3 is 0 Å². The normalized spacial score (nSPS) is 10.4. The lowest BCUT2D eigenvalue weighted by molar-refractivity contribution is -0.384. The number of nitro benzene ring substituents is 1. The molecule has 0 saturated heterocycles. The molecule has 0 aliphatic rings. The van der Waals surface area contributed by atoms with E-state index in [0.29, 0.717) is 22.1 Å². The number of thiophene rings is 1. The molecule has 0 aliphatic carbocycles. The van der Waals surface area contributed by atoms with Gasteiger partial charge < -0.3 is 10.1 Å². The highest BCUT2D eigenvalue weighted by atomic mass is 32.2. The summed E-state index contributed by atoms with van der Waals surface area (Å²) in [6.07, 6.45) is 0. The van der Waals surface area contributed by atoms with Gasteiger partial charge in [0.1, 0.15) is 5.75 Å². The second-order valence-electron chi connectivity index (χ2n) is 5.47. The summed E-state index contributed by atoms with van der Waals surface area (Å²) < 4.78 is 5.31. The number of ether oxygens (including phenoxy) is 1. The average molecular weight is 400 g/mol. The molecule has 8 heteroatoms. The van der Waals surface area contributed by atoms with Crippen molar-refractivity contribution in [2.75, 3.05) is 12.4 Å². The summed E-state index contributed by atoms with van der Waals surface area (Å²) in [5.41, 5.74) is 1.44. The quantitative estimate of drug-likeness (QED) is 0.334. The number of hydrogen-bond donors (Lipinski definition) is 1. The van der Waals surface area contributed by atoms with Crippen LogP contribution in [0.3, 0.4) is 0 Å². The third-order valence-corrected chi connectivity index (χ3v) is 5.73. The third kappa shape index (κ3) is 4.66. The summed E-state index contributed by atoms with van der Waals surface area (Å²) in [6, 6.07) is 15.6. The van der Waals surface area contributed by atoms with E-state index in [-0.39, 0.29) is 11.6 Å². The lowest BCUT2D eigenvalue weighted by Crippen LogP contribution is -2.10. The smallest absolute Gasteiger partial charge is 0.270 e. The van der Waals surface area contributed by atoms with Crippen molar-refractivity contribution in [3.8, 4) is 5.75 Å². The second-order valence-corrected chi connectivity index (χ2v) is 7.43. The molecule has 1 aromatic heterocycles. The summed E-state index contributed by atoms with van der Waals surface area (Å²) >= 11 is 2.85. The predicted molar refractivity (Wildman–Crippen MR) is 108 cm³/mol. The minimum Gasteiger partial charge on any atom is -0.496 e. The molecule has 2 aromatic carbocycles. The van der Waals surface area contributed by atoms with Crippen molar-refractivity contribution in [2.24, 2.45) is 0 Å². The minimum absolute atomic E-state index is 0.0192. The van der Waals surface area contributed by atoms with Crippen LogP contribution >= 0.6 is 23.1 Å². The molecule has 6 nitrogen and oxygen atoms in total. The van der Waals surface area contributed by atoms with Crippen LogP contribution in [0.4, 0.5) is 11.4 Å². The number of anilines is 1. The van der Waals surface area contributed by atoms with Crippen LogP contribution in [-0.4, -0.2) is 17.9 Å². The topological polar surface area (TPSA) is 81.5 Å². The van der Waals surface area contributed by atoms with Gasteiger partial charge in [0, 0.05) is 28.3 Å². The Morgan fingerprint density at radius 1 is 1.22 bits per heavy atom. The number of thioether (sulfide) groups is 1. The van der Waals surface area contributed by atoms with Gasteiger partial charge in [-0.3, -0.25) is 14.9 Å². The number of para-hydroxylation sites is 1. The van der Waals surface area contributed by atoms with Crippen molar-refractivity contribution >= 4 is 40.4 Å². The molecule has 0 unspecified atom stereocenters. The van der Waals surface area contributed by atoms with Gasteiger partial charge in [-0.25, -0.2) is 0 Å². The summed E-state index contributed by atoms with van der Waals surface area (Å²) in [6.45, 7) is 0. The van der Waals surface area contributed by atoms with E-state index in [1.165, 1.54) is 42.3 Å². The van der Waals surface area contributed by atoms with E-state index >= 15 is 0 Å². The first-order chi connectivity index (χ1) is 13.1. The van der Waals surface area contributed by atoms with Gasteiger partial charge in [0.25, 0.3) is 11.6 Å². The van der Waals surface area contributed by atoms with Gasteiger partial charge in [-0.1, -0.05) is 18.2 Å². The fourth-order valence-corrected chi connectivity index (χ4v) is 4.04. The van der Waals surface area contributed by atoms with Crippen molar-refractivity contribution in [1.29, 1.82) is 0 Å². The highest BCUT2D eigenvalue weighted by Gasteiger charge is 2.14. The summed E-state index contributed by atoms with van der Waals surface area (Å²) in [7, 11) is 1.53. The van der Waals surface area contributed by atoms with E-state index in [4.69, 9.17) is 4.74 Å². The number of amides is 1. The van der Waals surface area contributed by atoms with Crippen molar-refractivity contribution in [3.63, 3.8) is 0 Å². The molecule has 0 saturated carbocycles. The summed E-state index contributed by atoms with van der Waals surface area (Å²) in [5, 5.41) is 15.8. The van der Waals surface area contributed by atoms with Gasteiger partial charge in [-0.2, -0.15) is 0 Å². The molecule has 27 heavy (non-hydrogen) atoms. The Bertz CT molecular complexity index is 958. The first-order valence-corrected chi connectivity index (χ1v) is 9.83. The Hall–Kier alpha value is -2.84. The first kappa shape index (κ1) is 18.9. The molecule has 1 N–H and O–H groups in total. The lowest BCUT2D eigenvalue weighted by atomic mass is 10.2. The Morgan fingerprint density at radius 3 is 2.74 bits per heavy atom. The zero-order valence-corrected chi connectivity index (χ0v) is 16.0. The maximum absolute atomic E-state index is 12.3. The molecule has 0 fully saturated rings. The number of nitro groups is 1. The molecular formula is C19H16N2O4S2. The van der Waals surface area contributed by atoms with Crippen molar-refractivity contribution in [2.45, 2.75) is 10.6 Å². The number of nitrogens with one attached hydrogen (secondary N) is 1. The number of carbonyl (C=O) groups is 1. The lowest BCUT2D eigenvalue weighted by Gasteiger charge is -2.12. The Kier molecular flexibility index (Phi) is 6.10. The molecule has 138 valence electrons. The standard InChI is InChI=1S/C19H16N2O4S2/c1-25-16-9-8-14(21(23)24)11-13(16)12-27-17-6-3-2-5-15(17)20-19(22)18-7-4-10-26-18/h2-11H,12H2,1H3,(H,20,22). The predicted octanol–water partition coefficient (Wildman–Crippen LogP) is 5.21. The van der Waals surface area contributed by atoms with Crippen LogP contribution in [-0.2, 0) is 5.75 Å². The second kappa shape index (κ2) is 8.70. The number of nitrogens with zero attached hydrogens (tertiary/aromatic N) is 1. The minimum atomic E-state index is -0.428. The number of benzene rings is 2. The van der Waals surface area contributed by atoms with E-state index in [1.807, 2.05) is 35.7 Å². The van der Waals surface area contributed by atoms with E-state index in [9.17, 15) is 14.9 Å². The molecule has 1 heterocycles. The number of non-ortho nitro benzene ring substituents is 1. The average Bonchev–Trinajstić information content (AvgIpc) is 3.22. The van der Waals surface area contributed by atoms with Crippen LogP contribution in [0.25, 0.3) is 0 Å². The Labute approximate surface area is 164 Å². The number of methoxy groups -OCH3 is 1. The van der Waals surface area contributed by atoms with Crippen LogP contribution in [0.1, 0.15) is 15.2 Å². The maximum Gasteiger partial charge on any atom is 0.270 e. The molecule has 1 amide bonds. The van der Waals surface area contributed by atoms with Crippen molar-refractivity contribution in [3.05, 3.63) is 80.5 Å². The number of rotatable bonds is 7. The van der Waals surface area contributed by atoms with Gasteiger partial charge in [-0.05, 0) is 29.6 Å². The Morgan fingerprint density at radius 2 is 2.04 bits per heavy atom. The molecule has 3 rings (SSSR count). The molecular weight excluding hydrogens is 384 g/mol. The summed E-state index contributed by atoms with van der Waals surface area (Å²) in [5.74, 6) is 0.899. The van der Waals surface area contributed by atoms with Crippen LogP contribution < -0.4 is 10.1 Å². The zero-order valence-electron chi connectivity index (χ0n) is 14.4. The van der Waals surface area contributed by atoms with E-state index in [0.717, 1.165) is 10.5 Å². The molecule has 0 aliphatic heterocycles. The maximum atomic E-state index is 12.3. The number of hydrogen-bond acceptors (Lipinski definition) is 6. The summed E-state index contributed by atoms with van der Waals surface area (Å²) in [4.78, 5) is 24.4. The largest absolute Gasteiger partial charge is 0.496 e. The molecule has 0 bridgehead atoms. The van der Waals surface area contributed by atoms with E-state index in [2.05, 4.69) is 5.32 Å².